The lowest BCUT2D eigenvalue weighted by molar-refractivity contribution is -0.576. The Bertz CT molecular complexity index is 1050. The molecule has 2 aromatic carbocycles. The highest BCUT2D eigenvalue weighted by molar-refractivity contribution is 7.81. The summed E-state index contributed by atoms with van der Waals surface area (Å²) in [6.45, 7) is 4.08. The number of aliphatic hydroxyl groups is 1. The lowest BCUT2D eigenvalue weighted by atomic mass is 10.1. The average Bonchev–Trinajstić information content (AvgIpc) is 2.69. The van der Waals surface area contributed by atoms with Crippen molar-refractivity contribution in [1.82, 2.24) is 0 Å². The van der Waals surface area contributed by atoms with Crippen LogP contribution in [-0.4, -0.2) is 10.1 Å². The van der Waals surface area contributed by atoms with E-state index in [2.05, 4.69) is 18.3 Å². The largest absolute Gasteiger partial charge is 0.502 e. The molecule has 0 atom stereocenters. The van der Waals surface area contributed by atoms with Gasteiger partial charge in [-0.3, -0.25) is 0 Å². The molecule has 0 radical (unpaired) electrons. The smallest absolute Gasteiger partial charge is 0.288 e. The molecule has 0 aliphatic carbocycles. The fourth-order valence-electron chi connectivity index (χ4n) is 2.99. The fraction of sp³-hybridized carbons (Fsp3) is 0.130. The molecule has 1 aromatic heterocycles. The maximum Gasteiger partial charge on any atom is 0.288 e. The number of halogens is 1. The lowest BCUT2D eigenvalue weighted by Crippen LogP contribution is -2.38. The third-order valence-electron chi connectivity index (χ3n) is 4.42. The summed E-state index contributed by atoms with van der Waals surface area (Å²) in [5.74, 6) is 0.0210. The molecule has 3 rings (SSSR count). The highest BCUT2D eigenvalue weighted by Gasteiger charge is 2.25. The van der Waals surface area contributed by atoms with Gasteiger partial charge in [0.05, 0.1) is 5.02 Å². The minimum absolute atomic E-state index is 0.0210. The number of anilines is 1. The van der Waals surface area contributed by atoms with Gasteiger partial charge < -0.3 is 10.4 Å². The van der Waals surface area contributed by atoms with Crippen molar-refractivity contribution in [2.45, 2.75) is 20.3 Å². The molecule has 0 saturated heterocycles. The zero-order valence-electron chi connectivity index (χ0n) is 15.8. The van der Waals surface area contributed by atoms with E-state index in [9.17, 15) is 5.11 Å². The van der Waals surface area contributed by atoms with E-state index in [4.69, 9.17) is 23.8 Å². The summed E-state index contributed by atoms with van der Waals surface area (Å²) in [7, 11) is 0. The molecule has 3 nitrogen and oxygen atoms in total. The van der Waals surface area contributed by atoms with Gasteiger partial charge in [-0.15, -0.1) is 0 Å². The molecular weight excluding hydrogens is 388 g/mol. The second-order valence-electron chi connectivity index (χ2n) is 6.43. The molecule has 0 aliphatic heterocycles. The summed E-state index contributed by atoms with van der Waals surface area (Å²) in [5, 5.41) is 14.9. The summed E-state index contributed by atoms with van der Waals surface area (Å²) in [4.78, 5) is 0.411. The minimum Gasteiger partial charge on any atom is -0.502 e. The first kappa shape index (κ1) is 20.1. The van der Waals surface area contributed by atoms with Gasteiger partial charge in [-0.05, 0) is 43.2 Å². The number of rotatable bonds is 5. The molecule has 5 heteroatoms. The van der Waals surface area contributed by atoms with Gasteiger partial charge in [-0.25, -0.2) is 0 Å². The van der Waals surface area contributed by atoms with Crippen molar-refractivity contribution >= 4 is 46.0 Å². The van der Waals surface area contributed by atoms with Crippen LogP contribution in [-0.2, 0) is 6.42 Å². The number of aliphatic hydroxyl groups excluding tert-OH is 1. The van der Waals surface area contributed by atoms with Crippen molar-refractivity contribution in [3.8, 4) is 0 Å². The van der Waals surface area contributed by atoms with Crippen LogP contribution in [0.4, 0.5) is 5.69 Å². The molecule has 1 heterocycles. The number of aromatic nitrogens is 1. The lowest BCUT2D eigenvalue weighted by Gasteiger charge is -2.13. The van der Waals surface area contributed by atoms with Gasteiger partial charge in [0.25, 0.3) is 5.70 Å². The normalized spacial score (nSPS) is 11.7. The minimum atomic E-state index is 0.0210. The Kier molecular flexibility index (Phi) is 6.45. The molecule has 28 heavy (non-hydrogen) atoms. The van der Waals surface area contributed by atoms with E-state index in [1.54, 1.807) is 12.1 Å². The van der Waals surface area contributed by atoms with E-state index in [0.717, 1.165) is 23.2 Å². The molecule has 0 amide bonds. The number of benzene rings is 2. The van der Waals surface area contributed by atoms with E-state index in [1.807, 2.05) is 66.3 Å². The number of nitrogens with one attached hydrogen (secondary N) is 1. The Hall–Kier alpha value is -2.69. The Morgan fingerprint density at radius 3 is 2.50 bits per heavy atom. The third kappa shape index (κ3) is 4.41. The van der Waals surface area contributed by atoms with Gasteiger partial charge in [-0.1, -0.05) is 61.1 Å². The first-order chi connectivity index (χ1) is 13.5. The molecule has 142 valence electrons. The van der Waals surface area contributed by atoms with Crippen LogP contribution in [0.1, 0.15) is 23.6 Å². The van der Waals surface area contributed by atoms with Gasteiger partial charge >= 0.3 is 0 Å². The molecular formula is C23H22ClN2OS+. The zero-order chi connectivity index (χ0) is 20.1. The van der Waals surface area contributed by atoms with Crippen LogP contribution in [0, 0.1) is 6.92 Å². The maximum absolute atomic E-state index is 11.1. The van der Waals surface area contributed by atoms with E-state index >= 15 is 0 Å². The van der Waals surface area contributed by atoms with E-state index < -0.39 is 0 Å². The highest BCUT2D eigenvalue weighted by atomic mass is 35.5. The summed E-state index contributed by atoms with van der Waals surface area (Å²) < 4.78 is 1.82. The molecule has 0 unspecified atom stereocenters. The Morgan fingerprint density at radius 2 is 1.79 bits per heavy atom. The van der Waals surface area contributed by atoms with Crippen molar-refractivity contribution in [2.75, 3.05) is 5.32 Å². The van der Waals surface area contributed by atoms with Crippen molar-refractivity contribution < 1.29 is 9.67 Å². The zero-order valence-corrected chi connectivity index (χ0v) is 17.4. The van der Waals surface area contributed by atoms with Gasteiger partial charge in [-0.2, -0.15) is 4.57 Å². The SMILES string of the molecule is CCc1ccccc1NC(=S)/C(=C(\O)c1ccccc1Cl)[n+]1cccc(C)c1. The number of thiocarbonyl (C=S) groups is 1. The van der Waals surface area contributed by atoms with Crippen LogP contribution in [0.2, 0.25) is 5.02 Å². The quantitative estimate of drug-likeness (QED) is 0.241. The average molecular weight is 410 g/mol. The number of hydrogen-bond donors (Lipinski definition) is 2. The fourth-order valence-corrected chi connectivity index (χ4v) is 3.53. The molecule has 3 aromatic rings. The van der Waals surface area contributed by atoms with Gasteiger partial charge in [0.15, 0.2) is 17.4 Å². The van der Waals surface area contributed by atoms with Crippen molar-refractivity contribution in [1.29, 1.82) is 0 Å². The number of hydrogen-bond acceptors (Lipinski definition) is 2. The van der Waals surface area contributed by atoms with Crippen LogP contribution >= 0.6 is 23.8 Å². The first-order valence-corrected chi connectivity index (χ1v) is 9.85. The molecule has 0 saturated carbocycles. The second-order valence-corrected chi connectivity index (χ2v) is 7.25. The van der Waals surface area contributed by atoms with Crippen LogP contribution < -0.4 is 9.88 Å². The predicted octanol–water partition coefficient (Wildman–Crippen LogP) is 5.82. The molecule has 0 fully saturated rings. The van der Waals surface area contributed by atoms with Gasteiger partial charge in [0.2, 0.25) is 5.76 Å². The van der Waals surface area contributed by atoms with E-state index in [0.29, 0.717) is 21.3 Å². The Morgan fingerprint density at radius 1 is 1.07 bits per heavy atom. The van der Waals surface area contributed by atoms with Crippen LogP contribution in [0.15, 0.2) is 73.1 Å². The molecule has 0 aliphatic rings. The Labute approximate surface area is 175 Å². The molecule has 0 spiro atoms. The highest BCUT2D eigenvalue weighted by Crippen LogP contribution is 2.26. The monoisotopic (exact) mass is 409 g/mol. The summed E-state index contributed by atoms with van der Waals surface area (Å²) in [5.41, 5.74) is 4.12. The second kappa shape index (κ2) is 9.00. The number of nitrogens with zero attached hydrogens (tertiary/aromatic N) is 1. The summed E-state index contributed by atoms with van der Waals surface area (Å²) >= 11 is 12.0. The maximum atomic E-state index is 11.1. The van der Waals surface area contributed by atoms with E-state index in [1.165, 1.54) is 0 Å². The topological polar surface area (TPSA) is 36.1 Å². The number of pyridine rings is 1. The number of para-hydroxylation sites is 1. The van der Waals surface area contributed by atoms with Gasteiger partial charge in [0, 0.05) is 22.9 Å². The number of aryl methyl sites for hydroxylation is 2. The first-order valence-electron chi connectivity index (χ1n) is 9.07. The van der Waals surface area contributed by atoms with Crippen molar-refractivity contribution in [3.05, 3.63) is 94.8 Å². The van der Waals surface area contributed by atoms with Crippen LogP contribution in [0.3, 0.4) is 0 Å². The summed E-state index contributed by atoms with van der Waals surface area (Å²) in [6.07, 6.45) is 4.65. The van der Waals surface area contributed by atoms with E-state index in [-0.39, 0.29) is 5.76 Å². The Balaban J connectivity index is 2.13. The predicted molar refractivity (Wildman–Crippen MR) is 121 cm³/mol. The van der Waals surface area contributed by atoms with Crippen molar-refractivity contribution in [3.63, 3.8) is 0 Å². The van der Waals surface area contributed by atoms with Crippen LogP contribution in [0.25, 0.3) is 11.5 Å². The summed E-state index contributed by atoms with van der Waals surface area (Å²) in [6, 6.07) is 19.1. The third-order valence-corrected chi connectivity index (χ3v) is 5.05. The van der Waals surface area contributed by atoms with Crippen molar-refractivity contribution in [2.24, 2.45) is 0 Å². The van der Waals surface area contributed by atoms with Gasteiger partial charge in [0.1, 0.15) is 0 Å². The molecule has 0 bridgehead atoms. The molecule has 2 N–H and O–H groups in total. The standard InChI is InChI=1S/C23H21ClN2OS/c1-3-17-10-4-7-13-20(17)25-23(28)21(26-14-8-9-16(2)15-26)22(27)18-11-5-6-12-19(18)24/h4-15H,3H2,1-2H3,(H-,25,27,28)/p+1. The van der Waals surface area contributed by atoms with Crippen LogP contribution in [0.5, 0.6) is 0 Å².